The van der Waals surface area contributed by atoms with Gasteiger partial charge in [0, 0.05) is 32.3 Å². The molecule has 0 spiro atoms. The second kappa shape index (κ2) is 8.92. The zero-order valence-electron chi connectivity index (χ0n) is 18.0. The van der Waals surface area contributed by atoms with Crippen LogP contribution in [-0.2, 0) is 9.59 Å². The molecule has 2 aliphatic heterocycles. The van der Waals surface area contributed by atoms with Crippen LogP contribution in [0.1, 0.15) is 48.9 Å². The largest absolute Gasteiger partial charge is 0.367 e. The van der Waals surface area contributed by atoms with Crippen LogP contribution in [0.5, 0.6) is 0 Å². The Balaban J connectivity index is 1.45. The molecular formula is C25H28FN3O2. The number of carbonyl (C=O) groups excluding carboxylic acids is 2. The van der Waals surface area contributed by atoms with Gasteiger partial charge in [0.1, 0.15) is 5.82 Å². The number of fused-ring (bicyclic) bond motifs is 1. The first-order valence-corrected chi connectivity index (χ1v) is 10.8. The van der Waals surface area contributed by atoms with Gasteiger partial charge in [0.25, 0.3) is 0 Å². The number of carbonyl (C=O) groups is 2. The van der Waals surface area contributed by atoms with Crippen molar-refractivity contribution < 1.29 is 14.0 Å². The summed E-state index contributed by atoms with van der Waals surface area (Å²) in [7, 11) is 0. The lowest BCUT2D eigenvalue weighted by Crippen LogP contribution is -2.48. The van der Waals surface area contributed by atoms with Crippen molar-refractivity contribution in [1.82, 2.24) is 10.2 Å². The third-order valence-electron chi connectivity index (χ3n) is 6.08. The van der Waals surface area contributed by atoms with Gasteiger partial charge in [-0.05, 0) is 54.7 Å². The molecule has 6 heteroatoms. The smallest absolute Gasteiger partial charge is 0.223 e. The Kier molecular flexibility index (Phi) is 6.07. The first-order chi connectivity index (χ1) is 14.9. The number of piperidine rings is 1. The van der Waals surface area contributed by atoms with Crippen molar-refractivity contribution in [3.8, 4) is 0 Å². The predicted molar refractivity (Wildman–Crippen MR) is 120 cm³/mol. The number of nitrogens with zero attached hydrogens (tertiary/aromatic N) is 2. The summed E-state index contributed by atoms with van der Waals surface area (Å²) >= 11 is 0. The van der Waals surface area contributed by atoms with Crippen LogP contribution >= 0.6 is 0 Å². The van der Waals surface area contributed by atoms with Crippen LogP contribution in [0.2, 0.25) is 0 Å². The van der Waals surface area contributed by atoms with Crippen LogP contribution in [0.15, 0.2) is 48.7 Å². The Morgan fingerprint density at radius 2 is 2.00 bits per heavy atom. The zero-order chi connectivity index (χ0) is 22.0. The van der Waals surface area contributed by atoms with E-state index in [0.29, 0.717) is 12.2 Å². The van der Waals surface area contributed by atoms with Gasteiger partial charge in [-0.1, -0.05) is 30.3 Å². The number of rotatable bonds is 4. The van der Waals surface area contributed by atoms with Gasteiger partial charge in [0.05, 0.1) is 18.2 Å². The molecular weight excluding hydrogens is 393 g/mol. The summed E-state index contributed by atoms with van der Waals surface area (Å²) in [4.78, 5) is 28.7. The predicted octanol–water partition coefficient (Wildman–Crippen LogP) is 4.18. The van der Waals surface area contributed by atoms with E-state index >= 15 is 0 Å². The van der Waals surface area contributed by atoms with Crippen molar-refractivity contribution in [3.63, 3.8) is 0 Å². The summed E-state index contributed by atoms with van der Waals surface area (Å²) in [5.74, 6) is -0.430. The molecule has 2 unspecified atom stereocenters. The number of benzene rings is 2. The van der Waals surface area contributed by atoms with Gasteiger partial charge in [-0.2, -0.15) is 0 Å². The second-order valence-electron chi connectivity index (χ2n) is 8.40. The summed E-state index contributed by atoms with van der Waals surface area (Å²) in [6, 6.07) is 12.6. The average Bonchev–Trinajstić information content (AvgIpc) is 2.75. The first-order valence-electron chi connectivity index (χ1n) is 10.8. The van der Waals surface area contributed by atoms with E-state index in [2.05, 4.69) is 5.32 Å². The summed E-state index contributed by atoms with van der Waals surface area (Å²) in [5, 5.41) is 3.13. The summed E-state index contributed by atoms with van der Waals surface area (Å²) < 4.78 is 14.3. The van der Waals surface area contributed by atoms with Crippen LogP contribution in [0.25, 0.3) is 6.08 Å². The van der Waals surface area contributed by atoms with Crippen LogP contribution < -0.4 is 10.2 Å². The molecule has 0 saturated carbocycles. The van der Waals surface area contributed by atoms with Crippen LogP contribution in [0.3, 0.4) is 0 Å². The maximum atomic E-state index is 14.3. The molecule has 31 heavy (non-hydrogen) atoms. The van der Waals surface area contributed by atoms with Gasteiger partial charge in [0.2, 0.25) is 11.8 Å². The Labute approximate surface area is 182 Å². The van der Waals surface area contributed by atoms with Crippen molar-refractivity contribution in [3.05, 3.63) is 71.2 Å². The molecule has 1 fully saturated rings. The van der Waals surface area contributed by atoms with Gasteiger partial charge in [0.15, 0.2) is 0 Å². The van der Waals surface area contributed by atoms with E-state index in [0.717, 1.165) is 36.1 Å². The lowest BCUT2D eigenvalue weighted by atomic mass is 9.93. The molecule has 0 radical (unpaired) electrons. The quantitative estimate of drug-likeness (QED) is 0.806. The van der Waals surface area contributed by atoms with Crippen molar-refractivity contribution in [1.29, 1.82) is 0 Å². The molecule has 2 aromatic rings. The van der Waals surface area contributed by atoms with E-state index in [1.165, 1.54) is 13.0 Å². The Bertz CT molecular complexity index is 1020. The lowest BCUT2D eigenvalue weighted by molar-refractivity contribution is -0.130. The molecule has 2 aromatic carbocycles. The molecule has 1 N–H and O–H groups in total. The maximum Gasteiger partial charge on any atom is 0.223 e. The van der Waals surface area contributed by atoms with Crippen LogP contribution in [-0.4, -0.2) is 35.8 Å². The minimum absolute atomic E-state index is 0.0543. The van der Waals surface area contributed by atoms with Gasteiger partial charge in [-0.25, -0.2) is 4.39 Å². The lowest BCUT2D eigenvalue weighted by Gasteiger charge is -2.36. The third-order valence-corrected chi connectivity index (χ3v) is 6.08. The van der Waals surface area contributed by atoms with E-state index in [-0.39, 0.29) is 36.1 Å². The SMILES string of the molecule is CC(=O)N1C=Cc2ccccc2C1CC(=O)NC1CCCN(c2cc(C)ccc2F)C1. The fraction of sp³-hybridized carbons (Fsp3) is 0.360. The molecule has 5 nitrogen and oxygen atoms in total. The molecule has 2 amide bonds. The molecule has 2 aliphatic rings. The van der Waals surface area contributed by atoms with Crippen molar-refractivity contribution >= 4 is 23.6 Å². The van der Waals surface area contributed by atoms with E-state index in [1.807, 2.05) is 48.2 Å². The molecule has 0 bridgehead atoms. The van der Waals surface area contributed by atoms with E-state index < -0.39 is 0 Å². The number of nitrogens with one attached hydrogen (secondary N) is 1. The van der Waals surface area contributed by atoms with E-state index in [9.17, 15) is 14.0 Å². The summed E-state index contributed by atoms with van der Waals surface area (Å²) in [5.41, 5.74) is 3.60. The van der Waals surface area contributed by atoms with Crippen LogP contribution in [0.4, 0.5) is 10.1 Å². The number of anilines is 1. The minimum Gasteiger partial charge on any atom is -0.367 e. The number of hydrogen-bond donors (Lipinski definition) is 1. The molecule has 1 saturated heterocycles. The average molecular weight is 422 g/mol. The highest BCUT2D eigenvalue weighted by molar-refractivity contribution is 5.82. The minimum atomic E-state index is -0.326. The Morgan fingerprint density at radius 3 is 2.81 bits per heavy atom. The summed E-state index contributed by atoms with van der Waals surface area (Å²) in [6.07, 6.45) is 5.59. The second-order valence-corrected chi connectivity index (χ2v) is 8.40. The molecule has 0 aliphatic carbocycles. The Hall–Kier alpha value is -3.15. The van der Waals surface area contributed by atoms with Crippen molar-refractivity contribution in [2.45, 2.75) is 45.2 Å². The Morgan fingerprint density at radius 1 is 1.19 bits per heavy atom. The maximum absolute atomic E-state index is 14.3. The van der Waals surface area contributed by atoms with Gasteiger partial charge in [-0.3, -0.25) is 9.59 Å². The number of hydrogen-bond acceptors (Lipinski definition) is 3. The molecule has 162 valence electrons. The number of amides is 2. The van der Waals surface area contributed by atoms with Gasteiger partial charge < -0.3 is 15.1 Å². The third kappa shape index (κ3) is 4.63. The zero-order valence-corrected chi connectivity index (χ0v) is 18.0. The normalized spacial score (nSPS) is 20.4. The topological polar surface area (TPSA) is 52.7 Å². The van der Waals surface area contributed by atoms with Crippen molar-refractivity contribution in [2.75, 3.05) is 18.0 Å². The highest BCUT2D eigenvalue weighted by atomic mass is 19.1. The van der Waals surface area contributed by atoms with Crippen LogP contribution in [0, 0.1) is 12.7 Å². The monoisotopic (exact) mass is 421 g/mol. The van der Waals surface area contributed by atoms with Gasteiger partial charge >= 0.3 is 0 Å². The standard InChI is InChI=1S/C25H28FN3O2/c1-17-9-10-22(26)24(14-17)28-12-5-7-20(16-28)27-25(31)15-23-21-8-4-3-6-19(21)11-13-29(23)18(2)30/h3-4,6,8-11,13-14,20,23H,5,7,12,15-16H2,1-2H3,(H,27,31). The molecule has 0 aromatic heterocycles. The summed E-state index contributed by atoms with van der Waals surface area (Å²) in [6.45, 7) is 4.80. The first kappa shape index (κ1) is 21.1. The van der Waals surface area contributed by atoms with Gasteiger partial charge in [-0.15, -0.1) is 0 Å². The molecule has 2 atom stereocenters. The molecule has 2 heterocycles. The van der Waals surface area contributed by atoms with E-state index in [4.69, 9.17) is 0 Å². The highest BCUT2D eigenvalue weighted by Gasteiger charge is 2.30. The highest BCUT2D eigenvalue weighted by Crippen LogP contribution is 2.33. The van der Waals surface area contributed by atoms with E-state index in [1.54, 1.807) is 17.2 Å². The van der Waals surface area contributed by atoms with Crippen molar-refractivity contribution in [2.24, 2.45) is 0 Å². The number of aryl methyl sites for hydroxylation is 1. The number of halogens is 1. The molecule has 4 rings (SSSR count). The fourth-order valence-corrected chi connectivity index (χ4v) is 4.55. The fourth-order valence-electron chi connectivity index (χ4n) is 4.55.